The highest BCUT2D eigenvalue weighted by Gasteiger charge is 2.34. The predicted octanol–water partition coefficient (Wildman–Crippen LogP) is 2.42. The summed E-state index contributed by atoms with van der Waals surface area (Å²) in [7, 11) is 1.03. The highest BCUT2D eigenvalue weighted by Crippen LogP contribution is 2.41. The van der Waals surface area contributed by atoms with Crippen molar-refractivity contribution < 1.29 is 22.7 Å². The van der Waals surface area contributed by atoms with Gasteiger partial charge in [0.25, 0.3) is 0 Å². The van der Waals surface area contributed by atoms with Gasteiger partial charge in [-0.15, -0.1) is 0 Å². The summed E-state index contributed by atoms with van der Waals surface area (Å²) in [4.78, 5) is 11.2. The minimum atomic E-state index is -4.60. The number of methoxy groups -OCH3 is 1. The van der Waals surface area contributed by atoms with Gasteiger partial charge < -0.3 is 10.5 Å². The molecule has 1 aromatic rings. The summed E-state index contributed by atoms with van der Waals surface area (Å²) >= 11 is -0.480. The van der Waals surface area contributed by atoms with Crippen LogP contribution >= 0.6 is 11.8 Å². The molecule has 0 aromatic heterocycles. The molecule has 0 saturated carbocycles. The molecule has 1 rings (SSSR count). The van der Waals surface area contributed by atoms with E-state index < -0.39 is 28.8 Å². The molecular formula is C11H9F3N2O2S. The van der Waals surface area contributed by atoms with Crippen molar-refractivity contribution >= 4 is 17.7 Å². The smallest absolute Gasteiger partial charge is 0.446 e. The molecule has 19 heavy (non-hydrogen) atoms. The first-order valence-corrected chi connectivity index (χ1v) is 5.75. The number of nitrogens with zero attached hydrogens (tertiary/aromatic N) is 1. The zero-order valence-corrected chi connectivity index (χ0v) is 10.6. The van der Waals surface area contributed by atoms with Gasteiger partial charge in [-0.25, -0.2) is 4.79 Å². The average molecular weight is 290 g/mol. The van der Waals surface area contributed by atoms with Crippen molar-refractivity contribution in [3.63, 3.8) is 0 Å². The normalized spacial score (nSPS) is 10.9. The van der Waals surface area contributed by atoms with Gasteiger partial charge in [0.2, 0.25) is 0 Å². The van der Waals surface area contributed by atoms with E-state index in [1.165, 1.54) is 12.1 Å². The number of hydrogen-bond acceptors (Lipinski definition) is 5. The topological polar surface area (TPSA) is 76.1 Å². The first-order valence-electron chi connectivity index (χ1n) is 4.94. The van der Waals surface area contributed by atoms with Crippen LogP contribution in [0.25, 0.3) is 0 Å². The van der Waals surface area contributed by atoms with Gasteiger partial charge in [0.05, 0.1) is 18.2 Å². The number of nitriles is 1. The largest absolute Gasteiger partial charge is 0.465 e. The van der Waals surface area contributed by atoms with Crippen molar-refractivity contribution in [2.45, 2.75) is 16.9 Å². The summed E-state index contributed by atoms with van der Waals surface area (Å²) in [6.07, 6.45) is 0. The van der Waals surface area contributed by atoms with E-state index in [1.54, 1.807) is 6.07 Å². The maximum Gasteiger partial charge on any atom is 0.446 e. The van der Waals surface area contributed by atoms with Crippen LogP contribution in [-0.2, 0) is 11.3 Å². The van der Waals surface area contributed by atoms with E-state index in [2.05, 4.69) is 4.74 Å². The van der Waals surface area contributed by atoms with Gasteiger partial charge in [-0.3, -0.25) is 0 Å². The first-order chi connectivity index (χ1) is 8.84. The fourth-order valence-corrected chi connectivity index (χ4v) is 2.23. The lowest BCUT2D eigenvalue weighted by Crippen LogP contribution is -2.13. The molecule has 102 valence electrons. The lowest BCUT2D eigenvalue weighted by atomic mass is 10.0. The van der Waals surface area contributed by atoms with E-state index in [1.807, 2.05) is 0 Å². The number of hydrogen-bond donors (Lipinski definition) is 1. The zero-order valence-electron chi connectivity index (χ0n) is 9.75. The quantitative estimate of drug-likeness (QED) is 0.683. The Morgan fingerprint density at radius 2 is 2.16 bits per heavy atom. The van der Waals surface area contributed by atoms with Crippen LogP contribution in [0.15, 0.2) is 17.0 Å². The second-order valence-corrected chi connectivity index (χ2v) is 4.41. The maximum atomic E-state index is 12.5. The van der Waals surface area contributed by atoms with Gasteiger partial charge in [-0.2, -0.15) is 18.4 Å². The fourth-order valence-electron chi connectivity index (χ4n) is 1.42. The third kappa shape index (κ3) is 3.62. The molecule has 4 nitrogen and oxygen atoms in total. The monoisotopic (exact) mass is 290 g/mol. The number of nitrogens with two attached hydrogens (primary N) is 1. The predicted molar refractivity (Wildman–Crippen MR) is 62.3 cm³/mol. The standard InChI is InChI=1S/C11H9F3N2O2S/c1-18-10(17)8-6(4-15)2-3-7(5-16)9(8)19-11(12,13)14/h2-3H,5,16H2,1H3. The van der Waals surface area contributed by atoms with Crippen molar-refractivity contribution in [1.82, 2.24) is 0 Å². The van der Waals surface area contributed by atoms with Crippen molar-refractivity contribution in [1.29, 1.82) is 5.26 Å². The van der Waals surface area contributed by atoms with Crippen molar-refractivity contribution in [2.75, 3.05) is 7.11 Å². The van der Waals surface area contributed by atoms with Gasteiger partial charge in [0, 0.05) is 11.4 Å². The lowest BCUT2D eigenvalue weighted by Gasteiger charge is -2.14. The van der Waals surface area contributed by atoms with Crippen LogP contribution in [-0.4, -0.2) is 18.6 Å². The van der Waals surface area contributed by atoms with Crippen molar-refractivity contribution in [3.8, 4) is 6.07 Å². The second kappa shape index (κ2) is 5.95. The number of alkyl halides is 3. The molecule has 0 unspecified atom stereocenters. The molecule has 0 amide bonds. The molecule has 2 N–H and O–H groups in total. The molecule has 0 bridgehead atoms. The number of benzene rings is 1. The number of ether oxygens (including phenoxy) is 1. The molecular weight excluding hydrogens is 281 g/mol. The van der Waals surface area contributed by atoms with E-state index in [0.717, 1.165) is 7.11 Å². The van der Waals surface area contributed by atoms with Gasteiger partial charge >= 0.3 is 11.5 Å². The zero-order chi connectivity index (χ0) is 14.6. The molecule has 0 fully saturated rings. The molecule has 0 aliphatic heterocycles. The Bertz CT molecular complexity index is 538. The Morgan fingerprint density at radius 1 is 1.53 bits per heavy atom. The fraction of sp³-hybridized carbons (Fsp3) is 0.273. The molecule has 0 radical (unpaired) electrons. The molecule has 0 spiro atoms. The SMILES string of the molecule is COC(=O)c1c(C#N)ccc(CN)c1SC(F)(F)F. The molecule has 0 heterocycles. The molecule has 8 heteroatoms. The average Bonchev–Trinajstić information content (AvgIpc) is 2.35. The minimum absolute atomic E-state index is 0.127. The summed E-state index contributed by atoms with van der Waals surface area (Å²) in [5.74, 6) is -1.00. The highest BCUT2D eigenvalue weighted by atomic mass is 32.2. The minimum Gasteiger partial charge on any atom is -0.465 e. The van der Waals surface area contributed by atoms with Gasteiger partial charge in [0.15, 0.2) is 0 Å². The van der Waals surface area contributed by atoms with E-state index in [0.29, 0.717) is 0 Å². The summed E-state index contributed by atoms with van der Waals surface area (Å²) in [5, 5.41) is 8.87. The van der Waals surface area contributed by atoms with Crippen LogP contribution in [0.1, 0.15) is 21.5 Å². The van der Waals surface area contributed by atoms with E-state index in [4.69, 9.17) is 11.0 Å². The van der Waals surface area contributed by atoms with E-state index in [9.17, 15) is 18.0 Å². The Labute approximate surface area is 111 Å². The summed E-state index contributed by atoms with van der Waals surface area (Å²) in [6, 6.07) is 4.20. The van der Waals surface area contributed by atoms with Gasteiger partial charge in [-0.1, -0.05) is 6.07 Å². The Balaban J connectivity index is 3.53. The van der Waals surface area contributed by atoms with Crippen LogP contribution in [0.5, 0.6) is 0 Å². The van der Waals surface area contributed by atoms with Crippen molar-refractivity contribution in [3.05, 3.63) is 28.8 Å². The van der Waals surface area contributed by atoms with Crippen LogP contribution in [0.4, 0.5) is 13.2 Å². The number of thioether (sulfide) groups is 1. The lowest BCUT2D eigenvalue weighted by molar-refractivity contribution is -0.0328. The third-order valence-electron chi connectivity index (χ3n) is 2.19. The highest BCUT2D eigenvalue weighted by molar-refractivity contribution is 8.00. The van der Waals surface area contributed by atoms with E-state index >= 15 is 0 Å². The van der Waals surface area contributed by atoms with Crippen LogP contribution in [0.3, 0.4) is 0 Å². The number of rotatable bonds is 3. The third-order valence-corrected chi connectivity index (χ3v) is 3.09. The summed E-state index contributed by atoms with van der Waals surface area (Å²) < 4.78 is 42.0. The molecule has 1 aromatic carbocycles. The summed E-state index contributed by atoms with van der Waals surface area (Å²) in [6.45, 7) is -0.186. The first kappa shape index (κ1) is 15.3. The summed E-state index contributed by atoms with van der Waals surface area (Å²) in [5.41, 5.74) is 0.294. The maximum absolute atomic E-state index is 12.5. The number of carbonyl (C=O) groups excluding carboxylic acids is 1. The van der Waals surface area contributed by atoms with Crippen LogP contribution in [0.2, 0.25) is 0 Å². The number of esters is 1. The number of carbonyl (C=O) groups is 1. The molecule has 0 saturated heterocycles. The van der Waals surface area contributed by atoms with Crippen LogP contribution in [0, 0.1) is 11.3 Å². The Morgan fingerprint density at radius 3 is 2.58 bits per heavy atom. The molecule has 0 aliphatic rings. The molecule has 0 atom stereocenters. The van der Waals surface area contributed by atoms with Gasteiger partial charge in [-0.05, 0) is 23.4 Å². The van der Waals surface area contributed by atoms with Crippen molar-refractivity contribution in [2.24, 2.45) is 5.73 Å². The molecule has 0 aliphatic carbocycles. The second-order valence-electron chi connectivity index (χ2n) is 3.33. The Kier molecular flexibility index (Phi) is 4.80. The number of halogens is 3. The Hall–Kier alpha value is -1.72. The van der Waals surface area contributed by atoms with E-state index in [-0.39, 0.29) is 22.6 Å². The van der Waals surface area contributed by atoms with Gasteiger partial charge in [0.1, 0.15) is 6.07 Å². The van der Waals surface area contributed by atoms with Crippen LogP contribution < -0.4 is 5.73 Å².